The van der Waals surface area contributed by atoms with Crippen molar-refractivity contribution in [1.29, 1.82) is 0 Å². The minimum atomic E-state index is -2.92. The molecule has 2 amide bonds. The molecule has 1 unspecified atom stereocenters. The van der Waals surface area contributed by atoms with Gasteiger partial charge in [-0.15, -0.1) is 0 Å². The number of hydrogen-bond donors (Lipinski definition) is 2. The molecular formula is C16H15F3N2O2. The summed E-state index contributed by atoms with van der Waals surface area (Å²) in [7, 11) is 0. The first-order valence-electron chi connectivity index (χ1n) is 6.82. The molecule has 2 aromatic rings. The van der Waals surface area contributed by atoms with Crippen molar-refractivity contribution in [2.24, 2.45) is 0 Å². The zero-order valence-electron chi connectivity index (χ0n) is 12.2. The normalized spacial score (nSPS) is 11.9. The molecular weight excluding hydrogens is 309 g/mol. The maximum atomic E-state index is 13.5. The number of nitrogens with one attached hydrogen (secondary N) is 2. The van der Waals surface area contributed by atoms with Crippen LogP contribution in [0.15, 0.2) is 48.5 Å². The molecule has 122 valence electrons. The first-order valence-corrected chi connectivity index (χ1v) is 6.82. The van der Waals surface area contributed by atoms with Crippen LogP contribution in [0, 0.1) is 5.82 Å². The van der Waals surface area contributed by atoms with Crippen molar-refractivity contribution in [3.63, 3.8) is 0 Å². The standard InChI is InChI=1S/C16H15F3N2O2/c1-10(11-5-4-6-12(9-11)23-15(18)19)20-16(22)21-14-8-3-2-7-13(14)17/h2-10,15H,1H3,(H2,20,21,22). The predicted molar refractivity (Wildman–Crippen MR) is 80.0 cm³/mol. The third-order valence-corrected chi connectivity index (χ3v) is 3.05. The molecule has 0 bridgehead atoms. The van der Waals surface area contributed by atoms with Gasteiger partial charge in [0.05, 0.1) is 11.7 Å². The van der Waals surface area contributed by atoms with Gasteiger partial charge in [0, 0.05) is 0 Å². The lowest BCUT2D eigenvalue weighted by Gasteiger charge is -2.16. The molecule has 2 N–H and O–H groups in total. The quantitative estimate of drug-likeness (QED) is 0.861. The molecule has 1 atom stereocenters. The summed E-state index contributed by atoms with van der Waals surface area (Å²) in [5.41, 5.74) is 0.624. The molecule has 7 heteroatoms. The number of hydrogen-bond acceptors (Lipinski definition) is 2. The van der Waals surface area contributed by atoms with Crippen molar-refractivity contribution in [2.75, 3.05) is 5.32 Å². The lowest BCUT2D eigenvalue weighted by Crippen LogP contribution is -2.31. The molecule has 23 heavy (non-hydrogen) atoms. The van der Waals surface area contributed by atoms with Crippen molar-refractivity contribution in [1.82, 2.24) is 5.32 Å². The van der Waals surface area contributed by atoms with E-state index in [1.807, 2.05) is 0 Å². The molecule has 0 spiro atoms. The SMILES string of the molecule is CC(NC(=O)Nc1ccccc1F)c1cccc(OC(F)F)c1. The van der Waals surface area contributed by atoms with Gasteiger partial charge in [0.1, 0.15) is 11.6 Å². The highest BCUT2D eigenvalue weighted by atomic mass is 19.3. The molecule has 2 rings (SSSR count). The molecule has 0 saturated carbocycles. The molecule has 0 aliphatic rings. The number of rotatable bonds is 5. The summed E-state index contributed by atoms with van der Waals surface area (Å²) in [6.45, 7) is -1.25. The molecule has 0 fully saturated rings. The summed E-state index contributed by atoms with van der Waals surface area (Å²) in [6.07, 6.45) is 0. The Morgan fingerprint density at radius 3 is 2.57 bits per heavy atom. The topological polar surface area (TPSA) is 50.4 Å². The monoisotopic (exact) mass is 324 g/mol. The third kappa shape index (κ3) is 4.91. The second-order valence-corrected chi connectivity index (χ2v) is 4.75. The minimum absolute atomic E-state index is 0.000613. The summed E-state index contributed by atoms with van der Waals surface area (Å²) in [5.74, 6) is -0.553. The average molecular weight is 324 g/mol. The second kappa shape index (κ2) is 7.53. The van der Waals surface area contributed by atoms with Gasteiger partial charge >= 0.3 is 12.6 Å². The first kappa shape index (κ1) is 16.7. The van der Waals surface area contributed by atoms with Gasteiger partial charge in [0.25, 0.3) is 0 Å². The van der Waals surface area contributed by atoms with E-state index in [0.29, 0.717) is 5.56 Å². The van der Waals surface area contributed by atoms with Crippen LogP contribution in [0.4, 0.5) is 23.7 Å². The number of halogens is 3. The van der Waals surface area contributed by atoms with Gasteiger partial charge in [0.15, 0.2) is 0 Å². The van der Waals surface area contributed by atoms with Gasteiger partial charge in [-0.25, -0.2) is 9.18 Å². The van der Waals surface area contributed by atoms with Gasteiger partial charge in [-0.3, -0.25) is 0 Å². The van der Waals surface area contributed by atoms with E-state index in [1.165, 1.54) is 30.3 Å². The number of ether oxygens (including phenoxy) is 1. The molecule has 0 radical (unpaired) electrons. The van der Waals surface area contributed by atoms with Crippen LogP contribution in [0.25, 0.3) is 0 Å². The number of amides is 2. The second-order valence-electron chi connectivity index (χ2n) is 4.75. The van der Waals surface area contributed by atoms with E-state index in [-0.39, 0.29) is 11.4 Å². The van der Waals surface area contributed by atoms with Crippen LogP contribution in [-0.2, 0) is 0 Å². The summed E-state index contributed by atoms with van der Waals surface area (Å²) in [4.78, 5) is 11.9. The van der Waals surface area contributed by atoms with Crippen LogP contribution in [0.5, 0.6) is 5.75 Å². The van der Waals surface area contributed by atoms with Crippen molar-refractivity contribution < 1.29 is 22.7 Å². The van der Waals surface area contributed by atoms with E-state index in [1.54, 1.807) is 25.1 Å². The highest BCUT2D eigenvalue weighted by Crippen LogP contribution is 2.21. The smallest absolute Gasteiger partial charge is 0.387 e. The summed E-state index contributed by atoms with van der Waals surface area (Å²) >= 11 is 0. The Balaban J connectivity index is 1.99. The summed E-state index contributed by atoms with van der Waals surface area (Å²) in [5, 5.41) is 4.97. The number of alkyl halides is 2. The van der Waals surface area contributed by atoms with Gasteiger partial charge in [-0.05, 0) is 36.8 Å². The zero-order valence-corrected chi connectivity index (χ0v) is 12.2. The van der Waals surface area contributed by atoms with Crippen LogP contribution in [-0.4, -0.2) is 12.6 Å². The number of urea groups is 1. The van der Waals surface area contributed by atoms with Crippen molar-refractivity contribution in [3.8, 4) is 5.75 Å². The van der Waals surface area contributed by atoms with Gasteiger partial charge in [-0.1, -0.05) is 24.3 Å². The van der Waals surface area contributed by atoms with E-state index in [0.717, 1.165) is 0 Å². The Morgan fingerprint density at radius 1 is 1.13 bits per heavy atom. The van der Waals surface area contributed by atoms with E-state index in [2.05, 4.69) is 15.4 Å². The largest absolute Gasteiger partial charge is 0.435 e. The summed E-state index contributed by atoms with van der Waals surface area (Å²) < 4.78 is 42.2. The van der Waals surface area contributed by atoms with E-state index in [9.17, 15) is 18.0 Å². The Kier molecular flexibility index (Phi) is 5.46. The Hall–Kier alpha value is -2.70. The van der Waals surface area contributed by atoms with Gasteiger partial charge < -0.3 is 15.4 Å². The van der Waals surface area contributed by atoms with E-state index >= 15 is 0 Å². The third-order valence-electron chi connectivity index (χ3n) is 3.05. The van der Waals surface area contributed by atoms with Crippen molar-refractivity contribution in [3.05, 3.63) is 59.9 Å². The average Bonchev–Trinajstić information content (AvgIpc) is 2.49. The number of carbonyl (C=O) groups is 1. The number of benzene rings is 2. The Labute approximate surface area is 131 Å². The van der Waals surface area contributed by atoms with E-state index < -0.39 is 24.5 Å². The number of para-hydroxylation sites is 1. The Bertz CT molecular complexity index is 680. The zero-order chi connectivity index (χ0) is 16.8. The lowest BCUT2D eigenvalue weighted by atomic mass is 10.1. The lowest BCUT2D eigenvalue weighted by molar-refractivity contribution is -0.0499. The summed E-state index contributed by atoms with van der Waals surface area (Å²) in [6, 6.07) is 10.7. The highest BCUT2D eigenvalue weighted by Gasteiger charge is 2.13. The fraction of sp³-hybridized carbons (Fsp3) is 0.188. The maximum Gasteiger partial charge on any atom is 0.387 e. The van der Waals surface area contributed by atoms with Crippen LogP contribution in [0.3, 0.4) is 0 Å². The Morgan fingerprint density at radius 2 is 1.87 bits per heavy atom. The number of anilines is 1. The fourth-order valence-electron chi connectivity index (χ4n) is 1.96. The van der Waals surface area contributed by atoms with Gasteiger partial charge in [-0.2, -0.15) is 8.78 Å². The highest BCUT2D eigenvalue weighted by molar-refractivity contribution is 5.89. The van der Waals surface area contributed by atoms with Gasteiger partial charge in [0.2, 0.25) is 0 Å². The molecule has 4 nitrogen and oxygen atoms in total. The maximum absolute atomic E-state index is 13.5. The van der Waals surface area contributed by atoms with Crippen LogP contribution < -0.4 is 15.4 Å². The van der Waals surface area contributed by atoms with E-state index in [4.69, 9.17) is 0 Å². The molecule has 0 saturated heterocycles. The molecule has 2 aromatic carbocycles. The van der Waals surface area contributed by atoms with Crippen molar-refractivity contribution >= 4 is 11.7 Å². The van der Waals surface area contributed by atoms with Crippen LogP contribution >= 0.6 is 0 Å². The molecule has 0 aliphatic heterocycles. The predicted octanol–water partition coefficient (Wildman–Crippen LogP) is 4.31. The first-order chi connectivity index (χ1) is 11.0. The fourth-order valence-corrected chi connectivity index (χ4v) is 1.96. The minimum Gasteiger partial charge on any atom is -0.435 e. The molecule has 0 aliphatic carbocycles. The molecule has 0 heterocycles. The van der Waals surface area contributed by atoms with Crippen LogP contribution in [0.1, 0.15) is 18.5 Å². The number of carbonyl (C=O) groups excluding carboxylic acids is 1. The van der Waals surface area contributed by atoms with Crippen LogP contribution in [0.2, 0.25) is 0 Å². The molecule has 0 aromatic heterocycles. The van der Waals surface area contributed by atoms with Crippen molar-refractivity contribution in [2.45, 2.75) is 19.6 Å².